The van der Waals surface area contributed by atoms with Gasteiger partial charge in [0.05, 0.1) is 0 Å². The molecule has 116 valence electrons. The molecule has 4 nitrogen and oxygen atoms in total. The Labute approximate surface area is 123 Å². The van der Waals surface area contributed by atoms with Crippen molar-refractivity contribution in [1.82, 2.24) is 10.2 Å². The summed E-state index contributed by atoms with van der Waals surface area (Å²) >= 11 is 0. The van der Waals surface area contributed by atoms with Crippen LogP contribution in [0.1, 0.15) is 58.3 Å². The lowest BCUT2D eigenvalue weighted by Crippen LogP contribution is -2.47. The van der Waals surface area contributed by atoms with Crippen LogP contribution in [0.5, 0.6) is 0 Å². The van der Waals surface area contributed by atoms with Crippen molar-refractivity contribution in [1.29, 1.82) is 0 Å². The molecule has 2 fully saturated rings. The molecule has 3 N–H and O–H groups in total. The average molecular weight is 281 g/mol. The molecule has 0 aromatic rings. The highest BCUT2D eigenvalue weighted by Gasteiger charge is 2.25. The van der Waals surface area contributed by atoms with Gasteiger partial charge in [0.15, 0.2) is 0 Å². The molecule has 2 aliphatic rings. The van der Waals surface area contributed by atoms with E-state index in [1.165, 1.54) is 32.1 Å². The van der Waals surface area contributed by atoms with Gasteiger partial charge in [0.25, 0.3) is 0 Å². The van der Waals surface area contributed by atoms with Gasteiger partial charge < -0.3 is 16.0 Å². The number of likely N-dealkylation sites (tertiary alicyclic amines) is 1. The van der Waals surface area contributed by atoms with Gasteiger partial charge in [-0.05, 0) is 31.7 Å². The number of hydrogen-bond donors (Lipinski definition) is 2. The van der Waals surface area contributed by atoms with Gasteiger partial charge >= 0.3 is 0 Å². The van der Waals surface area contributed by atoms with Crippen LogP contribution in [0, 0.1) is 5.92 Å². The van der Waals surface area contributed by atoms with Crippen molar-refractivity contribution in [2.45, 2.75) is 70.4 Å². The van der Waals surface area contributed by atoms with Crippen LogP contribution in [0.3, 0.4) is 0 Å². The molecule has 0 radical (unpaired) electrons. The lowest BCUT2D eigenvalue weighted by Gasteiger charge is -2.36. The number of nitrogens with two attached hydrogens (primary N) is 1. The Morgan fingerprint density at radius 1 is 1.25 bits per heavy atom. The summed E-state index contributed by atoms with van der Waals surface area (Å²) in [4.78, 5) is 14.4. The molecule has 1 heterocycles. The van der Waals surface area contributed by atoms with Crippen molar-refractivity contribution in [2.75, 3.05) is 19.6 Å². The molecule has 0 aromatic heterocycles. The standard InChI is InChI=1S/C16H31N3O/c1-2-13-12-19(10-8-15(13)17)11-9-16(20)18-14-6-4-3-5-7-14/h13-15H,2-12,17H2,1H3,(H,18,20). The van der Waals surface area contributed by atoms with E-state index in [0.717, 1.165) is 32.5 Å². The Bertz CT molecular complexity index is 302. The van der Waals surface area contributed by atoms with Crippen LogP contribution in [0.4, 0.5) is 0 Å². The van der Waals surface area contributed by atoms with Crippen molar-refractivity contribution in [2.24, 2.45) is 11.7 Å². The van der Waals surface area contributed by atoms with Crippen LogP contribution >= 0.6 is 0 Å². The van der Waals surface area contributed by atoms with E-state index in [2.05, 4.69) is 17.1 Å². The number of nitrogens with one attached hydrogen (secondary N) is 1. The molecule has 0 aromatic carbocycles. The van der Waals surface area contributed by atoms with Crippen LogP contribution in [-0.2, 0) is 4.79 Å². The molecular weight excluding hydrogens is 250 g/mol. The second-order valence-electron chi connectivity index (χ2n) is 6.57. The third kappa shape index (κ3) is 4.74. The van der Waals surface area contributed by atoms with Crippen molar-refractivity contribution < 1.29 is 4.79 Å². The summed E-state index contributed by atoms with van der Waals surface area (Å²) in [6.45, 7) is 5.22. The molecule has 2 atom stereocenters. The van der Waals surface area contributed by atoms with Crippen LogP contribution < -0.4 is 11.1 Å². The fourth-order valence-electron chi connectivity index (χ4n) is 3.57. The summed E-state index contributed by atoms with van der Waals surface area (Å²) in [6, 6.07) is 0.793. The highest BCUT2D eigenvalue weighted by Crippen LogP contribution is 2.19. The molecule has 2 rings (SSSR count). The van der Waals surface area contributed by atoms with Crippen molar-refractivity contribution in [3.63, 3.8) is 0 Å². The zero-order valence-corrected chi connectivity index (χ0v) is 12.9. The van der Waals surface area contributed by atoms with E-state index in [4.69, 9.17) is 5.73 Å². The third-order valence-electron chi connectivity index (χ3n) is 5.03. The van der Waals surface area contributed by atoms with Crippen molar-refractivity contribution in [3.05, 3.63) is 0 Å². The molecular formula is C16H31N3O. The monoisotopic (exact) mass is 281 g/mol. The Morgan fingerprint density at radius 2 is 2.00 bits per heavy atom. The van der Waals surface area contributed by atoms with Gasteiger partial charge in [-0.15, -0.1) is 0 Å². The van der Waals surface area contributed by atoms with Gasteiger partial charge in [0.1, 0.15) is 0 Å². The quantitative estimate of drug-likeness (QED) is 0.809. The number of carbonyl (C=O) groups excluding carboxylic acids is 1. The van der Waals surface area contributed by atoms with Crippen LogP contribution in [0.2, 0.25) is 0 Å². The molecule has 1 saturated heterocycles. The maximum Gasteiger partial charge on any atom is 0.221 e. The summed E-state index contributed by atoms with van der Waals surface area (Å²) < 4.78 is 0. The summed E-state index contributed by atoms with van der Waals surface area (Å²) in [5.41, 5.74) is 6.13. The Hall–Kier alpha value is -0.610. The van der Waals surface area contributed by atoms with E-state index in [9.17, 15) is 4.79 Å². The predicted octanol–water partition coefficient (Wildman–Crippen LogP) is 1.88. The molecule has 1 saturated carbocycles. The third-order valence-corrected chi connectivity index (χ3v) is 5.03. The number of nitrogens with zero attached hydrogens (tertiary/aromatic N) is 1. The molecule has 1 amide bonds. The van der Waals surface area contributed by atoms with Gasteiger partial charge in [0, 0.05) is 31.6 Å². The summed E-state index contributed by atoms with van der Waals surface area (Å²) in [6.07, 6.45) is 9.07. The Kier molecular flexibility index (Phi) is 6.30. The smallest absolute Gasteiger partial charge is 0.221 e. The number of rotatable bonds is 5. The number of carbonyl (C=O) groups is 1. The van der Waals surface area contributed by atoms with E-state index in [-0.39, 0.29) is 5.91 Å². The summed E-state index contributed by atoms with van der Waals surface area (Å²) in [5, 5.41) is 3.20. The lowest BCUT2D eigenvalue weighted by molar-refractivity contribution is -0.122. The van der Waals surface area contributed by atoms with Crippen LogP contribution in [-0.4, -0.2) is 42.5 Å². The first-order valence-electron chi connectivity index (χ1n) is 8.46. The van der Waals surface area contributed by atoms with E-state index in [1.54, 1.807) is 0 Å². The largest absolute Gasteiger partial charge is 0.353 e. The average Bonchev–Trinajstić information content (AvgIpc) is 2.47. The Morgan fingerprint density at radius 3 is 2.70 bits per heavy atom. The highest BCUT2D eigenvalue weighted by atomic mass is 16.1. The normalized spacial score (nSPS) is 29.3. The number of hydrogen-bond acceptors (Lipinski definition) is 3. The maximum atomic E-state index is 12.0. The highest BCUT2D eigenvalue weighted by molar-refractivity contribution is 5.76. The summed E-state index contributed by atoms with van der Waals surface area (Å²) in [5.74, 6) is 0.838. The molecule has 20 heavy (non-hydrogen) atoms. The maximum absolute atomic E-state index is 12.0. The van der Waals surface area contributed by atoms with Crippen LogP contribution in [0.25, 0.3) is 0 Å². The topological polar surface area (TPSA) is 58.4 Å². The van der Waals surface area contributed by atoms with Crippen molar-refractivity contribution in [3.8, 4) is 0 Å². The number of piperidine rings is 1. The molecule has 1 aliphatic heterocycles. The molecule has 1 aliphatic carbocycles. The fraction of sp³-hybridized carbons (Fsp3) is 0.938. The predicted molar refractivity (Wildman–Crippen MR) is 82.4 cm³/mol. The zero-order valence-electron chi connectivity index (χ0n) is 12.9. The summed E-state index contributed by atoms with van der Waals surface area (Å²) in [7, 11) is 0. The van der Waals surface area contributed by atoms with Crippen molar-refractivity contribution >= 4 is 5.91 Å². The molecule has 0 spiro atoms. The van der Waals surface area contributed by atoms with E-state index in [1.807, 2.05) is 0 Å². The van der Waals surface area contributed by atoms with Gasteiger partial charge in [-0.1, -0.05) is 32.6 Å². The van der Waals surface area contributed by atoms with E-state index in [0.29, 0.717) is 24.4 Å². The van der Waals surface area contributed by atoms with Gasteiger partial charge in [0.2, 0.25) is 5.91 Å². The SMILES string of the molecule is CCC1CN(CCC(=O)NC2CCCCC2)CCC1N. The minimum atomic E-state index is 0.236. The molecule has 2 unspecified atom stereocenters. The van der Waals surface area contributed by atoms with Gasteiger partial charge in [-0.25, -0.2) is 0 Å². The Balaban J connectivity index is 1.65. The first-order valence-corrected chi connectivity index (χ1v) is 8.46. The number of amides is 1. The molecule has 4 heteroatoms. The molecule has 0 bridgehead atoms. The first kappa shape index (κ1) is 15.8. The first-order chi connectivity index (χ1) is 9.69. The van der Waals surface area contributed by atoms with Gasteiger partial charge in [-0.3, -0.25) is 4.79 Å². The zero-order chi connectivity index (χ0) is 14.4. The lowest BCUT2D eigenvalue weighted by atomic mass is 9.90. The minimum Gasteiger partial charge on any atom is -0.353 e. The fourth-order valence-corrected chi connectivity index (χ4v) is 3.57. The van der Waals surface area contributed by atoms with Gasteiger partial charge in [-0.2, -0.15) is 0 Å². The van der Waals surface area contributed by atoms with E-state index < -0.39 is 0 Å². The van der Waals surface area contributed by atoms with Crippen LogP contribution in [0.15, 0.2) is 0 Å². The second-order valence-corrected chi connectivity index (χ2v) is 6.57. The second kappa shape index (κ2) is 7.99. The minimum absolute atomic E-state index is 0.236. The van der Waals surface area contributed by atoms with E-state index >= 15 is 0 Å².